The Morgan fingerprint density at radius 2 is 1.70 bits per heavy atom. The van der Waals surface area contributed by atoms with Crippen LogP contribution in [0.3, 0.4) is 0 Å². The van der Waals surface area contributed by atoms with Crippen molar-refractivity contribution in [1.82, 2.24) is 5.32 Å². The van der Waals surface area contributed by atoms with Gasteiger partial charge in [-0.1, -0.05) is 55.7 Å². The van der Waals surface area contributed by atoms with Crippen molar-refractivity contribution in [2.24, 2.45) is 0 Å². The first-order valence-corrected chi connectivity index (χ1v) is 12.7. The summed E-state index contributed by atoms with van der Waals surface area (Å²) in [6, 6.07) is 17.2. The molecule has 1 unspecified atom stereocenters. The van der Waals surface area contributed by atoms with Crippen LogP contribution in [0.25, 0.3) is 0 Å². The topological polar surface area (TPSA) is 49.4 Å². The van der Waals surface area contributed by atoms with Gasteiger partial charge >= 0.3 is 0 Å². The molecule has 1 atom stereocenters. The smallest absolute Gasteiger partial charge is 0.248 e. The molecule has 1 saturated carbocycles. The maximum atomic E-state index is 13.8. The van der Waals surface area contributed by atoms with Crippen LogP contribution in [0.1, 0.15) is 60.4 Å². The van der Waals surface area contributed by atoms with Crippen molar-refractivity contribution in [3.63, 3.8) is 0 Å². The molecule has 4 nitrogen and oxygen atoms in total. The summed E-state index contributed by atoms with van der Waals surface area (Å²) in [6.07, 6.45) is 5.76. The van der Waals surface area contributed by atoms with Crippen LogP contribution in [0.2, 0.25) is 0 Å². The van der Waals surface area contributed by atoms with Crippen molar-refractivity contribution in [1.29, 1.82) is 0 Å². The number of thiophene rings is 1. The van der Waals surface area contributed by atoms with Gasteiger partial charge in [0.2, 0.25) is 11.8 Å². The minimum Gasteiger partial charge on any atom is -0.351 e. The molecule has 3 aromatic rings. The number of carbonyl (C=O) groups is 2. The molecule has 1 aliphatic rings. The average molecular weight is 461 g/mol. The number of amides is 2. The van der Waals surface area contributed by atoms with Crippen LogP contribution in [0.4, 0.5) is 5.69 Å². The quantitative estimate of drug-likeness (QED) is 0.461. The second kappa shape index (κ2) is 10.8. The fourth-order valence-electron chi connectivity index (χ4n) is 4.76. The molecule has 2 aromatic carbocycles. The fourth-order valence-corrected chi connectivity index (χ4v) is 5.43. The zero-order chi connectivity index (χ0) is 23.2. The van der Waals surface area contributed by atoms with Gasteiger partial charge in [-0.05, 0) is 77.9 Å². The van der Waals surface area contributed by atoms with Crippen molar-refractivity contribution in [2.75, 3.05) is 4.90 Å². The monoisotopic (exact) mass is 460 g/mol. The molecule has 1 aliphatic carbocycles. The lowest BCUT2D eigenvalue weighted by atomic mass is 9.94. The van der Waals surface area contributed by atoms with Gasteiger partial charge in [0.15, 0.2) is 0 Å². The lowest BCUT2D eigenvalue weighted by molar-refractivity contribution is -0.127. The number of nitrogens with one attached hydrogen (secondary N) is 1. The van der Waals surface area contributed by atoms with E-state index in [1.807, 2.05) is 73.1 Å². The lowest BCUT2D eigenvalue weighted by Gasteiger charge is -2.34. The summed E-state index contributed by atoms with van der Waals surface area (Å²) < 4.78 is 0. The molecule has 0 bridgehead atoms. The third-order valence-electron chi connectivity index (χ3n) is 6.26. The molecular weight excluding hydrogens is 428 g/mol. The van der Waals surface area contributed by atoms with Gasteiger partial charge in [-0.25, -0.2) is 0 Å². The number of anilines is 1. The van der Waals surface area contributed by atoms with Gasteiger partial charge in [-0.15, -0.1) is 0 Å². The number of aryl methyl sites for hydroxylation is 2. The molecule has 1 N–H and O–H groups in total. The van der Waals surface area contributed by atoms with Gasteiger partial charge in [-0.2, -0.15) is 11.3 Å². The first kappa shape index (κ1) is 23.2. The van der Waals surface area contributed by atoms with Gasteiger partial charge in [-0.3, -0.25) is 14.5 Å². The summed E-state index contributed by atoms with van der Waals surface area (Å²) in [7, 11) is 0. The van der Waals surface area contributed by atoms with Crippen molar-refractivity contribution in [3.8, 4) is 0 Å². The first-order chi connectivity index (χ1) is 16.0. The number of carbonyl (C=O) groups excluding carboxylic acids is 2. The van der Waals surface area contributed by atoms with E-state index < -0.39 is 6.04 Å². The van der Waals surface area contributed by atoms with E-state index in [9.17, 15) is 9.59 Å². The van der Waals surface area contributed by atoms with Gasteiger partial charge in [0, 0.05) is 11.7 Å². The van der Waals surface area contributed by atoms with E-state index in [0.29, 0.717) is 0 Å². The molecule has 5 heteroatoms. The summed E-state index contributed by atoms with van der Waals surface area (Å²) in [4.78, 5) is 29.3. The van der Waals surface area contributed by atoms with Gasteiger partial charge in [0.1, 0.15) is 6.04 Å². The molecule has 0 radical (unpaired) electrons. The van der Waals surface area contributed by atoms with Crippen LogP contribution >= 0.6 is 11.3 Å². The van der Waals surface area contributed by atoms with E-state index in [1.165, 1.54) is 6.42 Å². The fraction of sp³-hybridized carbons (Fsp3) is 0.357. The largest absolute Gasteiger partial charge is 0.351 e. The Balaban J connectivity index is 1.75. The van der Waals surface area contributed by atoms with E-state index in [4.69, 9.17) is 0 Å². The molecule has 0 aliphatic heterocycles. The summed E-state index contributed by atoms with van der Waals surface area (Å²) >= 11 is 1.58. The van der Waals surface area contributed by atoms with Crippen molar-refractivity contribution in [3.05, 3.63) is 87.6 Å². The molecule has 172 valence electrons. The highest BCUT2D eigenvalue weighted by molar-refractivity contribution is 7.08. The molecule has 0 spiro atoms. The molecule has 2 amide bonds. The number of rotatable bonds is 7. The maximum absolute atomic E-state index is 13.8. The second-order valence-electron chi connectivity index (χ2n) is 9.07. The highest BCUT2D eigenvalue weighted by Gasteiger charge is 2.34. The predicted octanol–water partition coefficient (Wildman–Crippen LogP) is 6.13. The van der Waals surface area contributed by atoms with Crippen LogP contribution in [0, 0.1) is 13.8 Å². The Hall–Kier alpha value is -2.92. The number of benzene rings is 2. The Morgan fingerprint density at radius 3 is 2.33 bits per heavy atom. The minimum absolute atomic E-state index is 0.0777. The summed E-state index contributed by atoms with van der Waals surface area (Å²) in [5.41, 5.74) is 4.69. The number of hydrogen-bond donors (Lipinski definition) is 1. The Bertz CT molecular complexity index is 1050. The molecular formula is C28H32N2O2S. The zero-order valence-electron chi connectivity index (χ0n) is 19.4. The maximum Gasteiger partial charge on any atom is 0.248 e. The van der Waals surface area contributed by atoms with Crippen LogP contribution in [0.5, 0.6) is 0 Å². The average Bonchev–Trinajstić information content (AvgIpc) is 3.30. The molecule has 1 heterocycles. The standard InChI is InChI=1S/C28H32N2O2S/c1-20-15-21(2)17-25(16-20)30(26(31)18-22-13-14-33-19-22)27(23-9-5-3-6-10-23)28(32)29-24-11-7-4-8-12-24/h3,5-6,9-10,13-17,19,24,27H,4,7-8,11-12,18H2,1-2H3,(H,29,32). The van der Waals surface area contributed by atoms with Crippen molar-refractivity contribution in [2.45, 2.75) is 64.5 Å². The van der Waals surface area contributed by atoms with Crippen LogP contribution in [-0.2, 0) is 16.0 Å². The Kier molecular flexibility index (Phi) is 7.61. The van der Waals surface area contributed by atoms with Crippen molar-refractivity contribution < 1.29 is 9.59 Å². The van der Waals surface area contributed by atoms with Gasteiger partial charge in [0.25, 0.3) is 0 Å². The molecule has 4 rings (SSSR count). The SMILES string of the molecule is Cc1cc(C)cc(N(C(=O)Cc2ccsc2)C(C(=O)NC2CCCCC2)c2ccccc2)c1. The van der Waals surface area contributed by atoms with Crippen LogP contribution < -0.4 is 10.2 Å². The van der Waals surface area contributed by atoms with E-state index >= 15 is 0 Å². The van der Waals surface area contributed by atoms with E-state index in [1.54, 1.807) is 16.2 Å². The zero-order valence-corrected chi connectivity index (χ0v) is 20.2. The minimum atomic E-state index is -0.722. The molecule has 0 saturated heterocycles. The summed E-state index contributed by atoms with van der Waals surface area (Å²) in [5, 5.41) is 7.26. The highest BCUT2D eigenvalue weighted by Crippen LogP contribution is 2.31. The Labute approximate surface area is 200 Å². The van der Waals surface area contributed by atoms with Gasteiger partial charge in [0.05, 0.1) is 6.42 Å². The molecule has 33 heavy (non-hydrogen) atoms. The Morgan fingerprint density at radius 1 is 1.00 bits per heavy atom. The van der Waals surface area contributed by atoms with Crippen LogP contribution in [-0.4, -0.2) is 17.9 Å². The third-order valence-corrected chi connectivity index (χ3v) is 6.99. The molecule has 1 aromatic heterocycles. The number of nitrogens with zero attached hydrogens (tertiary/aromatic N) is 1. The predicted molar refractivity (Wildman–Crippen MR) is 136 cm³/mol. The highest BCUT2D eigenvalue weighted by atomic mass is 32.1. The first-order valence-electron chi connectivity index (χ1n) is 11.8. The van der Waals surface area contributed by atoms with E-state index in [2.05, 4.69) is 11.4 Å². The summed E-state index contributed by atoms with van der Waals surface area (Å²) in [5.74, 6) is -0.183. The summed E-state index contributed by atoms with van der Waals surface area (Å²) in [6.45, 7) is 4.05. The second-order valence-corrected chi connectivity index (χ2v) is 9.85. The molecule has 1 fully saturated rings. The van der Waals surface area contributed by atoms with Gasteiger partial charge < -0.3 is 5.32 Å². The third kappa shape index (κ3) is 5.91. The normalized spacial score (nSPS) is 15.1. The van der Waals surface area contributed by atoms with E-state index in [-0.39, 0.29) is 24.3 Å². The van der Waals surface area contributed by atoms with Crippen molar-refractivity contribution >= 4 is 28.8 Å². The lowest BCUT2D eigenvalue weighted by Crippen LogP contribution is -2.47. The van der Waals surface area contributed by atoms with Crippen LogP contribution in [0.15, 0.2) is 65.4 Å². The number of hydrogen-bond acceptors (Lipinski definition) is 3. The van der Waals surface area contributed by atoms with E-state index in [0.717, 1.165) is 53.6 Å².